The van der Waals surface area contributed by atoms with Crippen LogP contribution in [0.15, 0.2) is 18.3 Å². The van der Waals surface area contributed by atoms with E-state index in [-0.39, 0.29) is 5.75 Å². The summed E-state index contributed by atoms with van der Waals surface area (Å²) in [5.74, 6) is 1.46. The molecule has 0 fully saturated rings. The fraction of sp³-hybridized carbons (Fsp3) is 0.583. The van der Waals surface area contributed by atoms with E-state index in [1.54, 1.807) is 19.1 Å². The molecule has 0 unspecified atom stereocenters. The van der Waals surface area contributed by atoms with Gasteiger partial charge in [-0.15, -0.1) is 0 Å². The molecule has 1 aromatic rings. The number of aromatic nitrogens is 1. The summed E-state index contributed by atoms with van der Waals surface area (Å²) in [5.41, 5.74) is 0.492. The predicted molar refractivity (Wildman–Crippen MR) is 75.3 cm³/mol. The van der Waals surface area contributed by atoms with E-state index in [2.05, 4.69) is 28.9 Å². The van der Waals surface area contributed by atoms with Crippen molar-refractivity contribution < 1.29 is 8.42 Å². The Balaban J connectivity index is 2.52. The van der Waals surface area contributed by atoms with Gasteiger partial charge in [0.2, 0.25) is 10.0 Å². The summed E-state index contributed by atoms with van der Waals surface area (Å²) < 4.78 is 25.1. The summed E-state index contributed by atoms with van der Waals surface area (Å²) in [7, 11) is -3.22. The number of nitrogens with zero attached hydrogens (tertiary/aromatic N) is 1. The summed E-state index contributed by atoms with van der Waals surface area (Å²) in [5, 5.41) is 3.19. The van der Waals surface area contributed by atoms with Crippen LogP contribution in [0.2, 0.25) is 0 Å². The van der Waals surface area contributed by atoms with Gasteiger partial charge in [0.15, 0.2) is 0 Å². The van der Waals surface area contributed by atoms with E-state index in [1.165, 1.54) is 6.20 Å². The van der Waals surface area contributed by atoms with Crippen LogP contribution >= 0.6 is 0 Å². The van der Waals surface area contributed by atoms with E-state index in [4.69, 9.17) is 0 Å². The predicted octanol–water partition coefficient (Wildman–Crippen LogP) is 2.30. The maximum Gasteiger partial charge on any atom is 0.232 e. The third kappa shape index (κ3) is 5.35. The molecule has 0 saturated carbocycles. The Labute approximate surface area is 109 Å². The van der Waals surface area contributed by atoms with Crippen LogP contribution in [0.4, 0.5) is 11.5 Å². The van der Waals surface area contributed by atoms with E-state index in [0.29, 0.717) is 11.6 Å². The number of rotatable bonds is 7. The van der Waals surface area contributed by atoms with Crippen molar-refractivity contribution in [2.75, 3.05) is 22.3 Å². The van der Waals surface area contributed by atoms with Crippen LogP contribution in [0.1, 0.15) is 27.2 Å². The minimum Gasteiger partial charge on any atom is -0.370 e. The smallest absolute Gasteiger partial charge is 0.232 e. The van der Waals surface area contributed by atoms with Crippen LogP contribution in [-0.2, 0) is 10.0 Å². The summed E-state index contributed by atoms with van der Waals surface area (Å²) in [4.78, 5) is 4.16. The Morgan fingerprint density at radius 3 is 2.56 bits per heavy atom. The van der Waals surface area contributed by atoms with Crippen LogP contribution in [0.5, 0.6) is 0 Å². The molecule has 5 nitrogen and oxygen atoms in total. The van der Waals surface area contributed by atoms with E-state index in [1.807, 2.05) is 0 Å². The monoisotopic (exact) mass is 271 g/mol. The van der Waals surface area contributed by atoms with Gasteiger partial charge in [0.05, 0.1) is 17.6 Å². The molecule has 0 amide bonds. The number of anilines is 2. The van der Waals surface area contributed by atoms with Gasteiger partial charge in [-0.1, -0.05) is 13.8 Å². The Morgan fingerprint density at radius 2 is 2.06 bits per heavy atom. The summed E-state index contributed by atoms with van der Waals surface area (Å²) in [6, 6.07) is 3.48. The van der Waals surface area contributed by atoms with Gasteiger partial charge in [0.1, 0.15) is 5.82 Å². The first-order chi connectivity index (χ1) is 8.43. The van der Waals surface area contributed by atoms with Crippen LogP contribution in [-0.4, -0.2) is 25.7 Å². The molecule has 18 heavy (non-hydrogen) atoms. The Hall–Kier alpha value is -1.30. The molecule has 0 radical (unpaired) electrons. The average Bonchev–Trinajstić information content (AvgIpc) is 2.31. The van der Waals surface area contributed by atoms with Crippen molar-refractivity contribution in [2.45, 2.75) is 27.2 Å². The van der Waals surface area contributed by atoms with Crippen LogP contribution in [0.25, 0.3) is 0 Å². The zero-order valence-electron chi connectivity index (χ0n) is 11.1. The SMILES string of the molecule is CCS(=O)(=O)Nc1ccc(NCCC(C)C)nc1. The molecule has 0 aliphatic heterocycles. The van der Waals surface area contributed by atoms with Crippen LogP contribution < -0.4 is 10.0 Å². The summed E-state index contributed by atoms with van der Waals surface area (Å²) in [6.45, 7) is 6.79. The molecule has 0 aromatic carbocycles. The zero-order valence-corrected chi connectivity index (χ0v) is 11.9. The minimum atomic E-state index is -3.22. The van der Waals surface area contributed by atoms with Gasteiger partial charge in [-0.25, -0.2) is 13.4 Å². The standard InChI is InChI=1S/C12H21N3O2S/c1-4-18(16,17)15-11-5-6-12(14-9-11)13-8-7-10(2)3/h5-6,9-10,15H,4,7-8H2,1-3H3,(H,13,14). The Morgan fingerprint density at radius 1 is 1.33 bits per heavy atom. The molecule has 0 aliphatic carbocycles. The number of hydrogen-bond acceptors (Lipinski definition) is 4. The topological polar surface area (TPSA) is 71.1 Å². The first kappa shape index (κ1) is 14.8. The lowest BCUT2D eigenvalue weighted by molar-refractivity contribution is 0.602. The van der Waals surface area contributed by atoms with Gasteiger partial charge < -0.3 is 5.32 Å². The molecule has 0 saturated heterocycles. The van der Waals surface area contributed by atoms with Crippen molar-refractivity contribution in [1.82, 2.24) is 4.98 Å². The van der Waals surface area contributed by atoms with Crippen molar-refractivity contribution >= 4 is 21.5 Å². The van der Waals surface area contributed by atoms with E-state index in [9.17, 15) is 8.42 Å². The number of pyridine rings is 1. The summed E-state index contributed by atoms with van der Waals surface area (Å²) in [6.07, 6.45) is 2.59. The van der Waals surface area contributed by atoms with E-state index < -0.39 is 10.0 Å². The zero-order chi connectivity index (χ0) is 13.6. The first-order valence-corrected chi connectivity index (χ1v) is 7.78. The maximum absolute atomic E-state index is 11.3. The molecule has 6 heteroatoms. The molecular weight excluding hydrogens is 250 g/mol. The Bertz CT molecular complexity index is 455. The molecule has 1 aromatic heterocycles. The van der Waals surface area contributed by atoms with Crippen molar-refractivity contribution in [3.05, 3.63) is 18.3 Å². The molecule has 0 spiro atoms. The lowest BCUT2D eigenvalue weighted by Crippen LogP contribution is -2.14. The molecule has 0 atom stereocenters. The summed E-state index contributed by atoms with van der Waals surface area (Å²) >= 11 is 0. The minimum absolute atomic E-state index is 0.0569. The highest BCUT2D eigenvalue weighted by Crippen LogP contribution is 2.11. The fourth-order valence-electron chi connectivity index (χ4n) is 1.30. The molecule has 2 N–H and O–H groups in total. The number of hydrogen-bond donors (Lipinski definition) is 2. The fourth-order valence-corrected chi connectivity index (χ4v) is 1.92. The van der Waals surface area contributed by atoms with Gasteiger partial charge in [0, 0.05) is 6.54 Å². The van der Waals surface area contributed by atoms with Gasteiger partial charge in [-0.2, -0.15) is 0 Å². The highest BCUT2D eigenvalue weighted by molar-refractivity contribution is 7.92. The quantitative estimate of drug-likeness (QED) is 0.798. The molecule has 102 valence electrons. The second kappa shape index (κ2) is 6.58. The largest absolute Gasteiger partial charge is 0.370 e. The van der Waals surface area contributed by atoms with Crippen molar-refractivity contribution in [1.29, 1.82) is 0 Å². The van der Waals surface area contributed by atoms with E-state index >= 15 is 0 Å². The maximum atomic E-state index is 11.3. The van der Waals surface area contributed by atoms with Gasteiger partial charge in [-0.3, -0.25) is 4.72 Å². The van der Waals surface area contributed by atoms with Gasteiger partial charge >= 0.3 is 0 Å². The molecular formula is C12H21N3O2S. The second-order valence-corrected chi connectivity index (χ2v) is 6.56. The van der Waals surface area contributed by atoms with Crippen LogP contribution in [0.3, 0.4) is 0 Å². The normalized spacial score (nSPS) is 11.6. The molecule has 1 rings (SSSR count). The lowest BCUT2D eigenvalue weighted by atomic mass is 10.1. The third-order valence-electron chi connectivity index (χ3n) is 2.44. The highest BCUT2D eigenvalue weighted by atomic mass is 32.2. The Kier molecular flexibility index (Phi) is 5.40. The third-order valence-corrected chi connectivity index (χ3v) is 3.75. The highest BCUT2D eigenvalue weighted by Gasteiger charge is 2.06. The second-order valence-electron chi connectivity index (χ2n) is 4.55. The van der Waals surface area contributed by atoms with Gasteiger partial charge in [-0.05, 0) is 31.4 Å². The van der Waals surface area contributed by atoms with Gasteiger partial charge in [0.25, 0.3) is 0 Å². The van der Waals surface area contributed by atoms with Crippen LogP contribution in [0, 0.1) is 5.92 Å². The number of sulfonamides is 1. The molecule has 0 aliphatic rings. The average molecular weight is 271 g/mol. The van der Waals surface area contributed by atoms with Crippen molar-refractivity contribution in [2.24, 2.45) is 5.92 Å². The molecule has 0 bridgehead atoms. The first-order valence-electron chi connectivity index (χ1n) is 6.13. The number of nitrogens with one attached hydrogen (secondary N) is 2. The lowest BCUT2D eigenvalue weighted by Gasteiger charge is -2.09. The molecule has 1 heterocycles. The van der Waals surface area contributed by atoms with Crippen molar-refractivity contribution in [3.8, 4) is 0 Å². The van der Waals surface area contributed by atoms with E-state index in [0.717, 1.165) is 18.8 Å². The van der Waals surface area contributed by atoms with Crippen molar-refractivity contribution in [3.63, 3.8) is 0 Å².